The predicted molar refractivity (Wildman–Crippen MR) is 136 cm³/mol. The van der Waals surface area contributed by atoms with E-state index in [0.717, 1.165) is 36.3 Å². The minimum absolute atomic E-state index is 0.0322. The maximum atomic E-state index is 14.9. The molecule has 0 bridgehead atoms. The number of hydrogen-bond acceptors (Lipinski definition) is 6. The Morgan fingerprint density at radius 3 is 2.08 bits per heavy atom. The molecule has 0 unspecified atom stereocenters. The second-order valence-electron chi connectivity index (χ2n) is 8.14. The van der Waals surface area contributed by atoms with E-state index in [0.29, 0.717) is 11.4 Å². The maximum Gasteiger partial charge on any atom is 0.256 e. The summed E-state index contributed by atoms with van der Waals surface area (Å²) in [6.45, 7) is 0. The molecule has 0 aliphatic heterocycles. The van der Waals surface area contributed by atoms with Crippen LogP contribution in [0, 0.1) is 5.82 Å². The Balaban J connectivity index is 1.81. The standard InChI is InChI=1S/C26H21FN2O5S2/c1-35(31,32)19-9-11-21(22(15-19)23-16-20(36(2,33)34)10-12-24(23)27)26(30)29-18-7-5-6-17(14-18)25-8-3-4-13-28-25/h3-16H,1-2H3,(H,29,30). The van der Waals surface area contributed by atoms with Gasteiger partial charge in [-0.2, -0.15) is 0 Å². The van der Waals surface area contributed by atoms with Gasteiger partial charge in [0.2, 0.25) is 0 Å². The molecule has 1 aromatic heterocycles. The minimum Gasteiger partial charge on any atom is -0.322 e. The molecule has 0 atom stereocenters. The van der Waals surface area contributed by atoms with Crippen LogP contribution in [0.5, 0.6) is 0 Å². The number of pyridine rings is 1. The summed E-state index contributed by atoms with van der Waals surface area (Å²) in [5.74, 6) is -1.44. The lowest BCUT2D eigenvalue weighted by atomic mass is 9.98. The van der Waals surface area contributed by atoms with Crippen molar-refractivity contribution in [1.82, 2.24) is 4.98 Å². The first-order valence-corrected chi connectivity index (χ1v) is 14.4. The lowest BCUT2D eigenvalue weighted by Gasteiger charge is -2.14. The molecule has 3 aromatic carbocycles. The second kappa shape index (κ2) is 9.63. The molecule has 4 rings (SSSR count). The van der Waals surface area contributed by atoms with Crippen LogP contribution in [-0.2, 0) is 19.7 Å². The van der Waals surface area contributed by atoms with Gasteiger partial charge in [0.25, 0.3) is 5.91 Å². The molecule has 4 aromatic rings. The second-order valence-corrected chi connectivity index (χ2v) is 12.2. The molecule has 1 heterocycles. The van der Waals surface area contributed by atoms with Crippen molar-refractivity contribution in [2.24, 2.45) is 0 Å². The number of anilines is 1. The molecule has 0 aliphatic rings. The molecule has 10 heteroatoms. The van der Waals surface area contributed by atoms with Crippen LogP contribution in [0.3, 0.4) is 0 Å². The zero-order valence-corrected chi connectivity index (χ0v) is 20.9. The van der Waals surface area contributed by atoms with E-state index in [4.69, 9.17) is 0 Å². The van der Waals surface area contributed by atoms with Crippen LogP contribution in [-0.4, -0.2) is 40.2 Å². The maximum absolute atomic E-state index is 14.9. The Morgan fingerprint density at radius 1 is 0.778 bits per heavy atom. The van der Waals surface area contributed by atoms with Gasteiger partial charge >= 0.3 is 0 Å². The highest BCUT2D eigenvalue weighted by molar-refractivity contribution is 7.91. The molecule has 1 amide bonds. The fourth-order valence-electron chi connectivity index (χ4n) is 3.60. The van der Waals surface area contributed by atoms with Crippen LogP contribution >= 0.6 is 0 Å². The minimum atomic E-state index is -3.70. The Labute approximate surface area is 208 Å². The summed E-state index contributed by atoms with van der Waals surface area (Å²) in [5, 5.41) is 2.74. The molecule has 0 saturated carbocycles. The number of halogens is 1. The predicted octanol–water partition coefficient (Wildman–Crippen LogP) is 4.61. The Kier molecular flexibility index (Phi) is 6.75. The van der Waals surface area contributed by atoms with Gasteiger partial charge in [0, 0.05) is 41.1 Å². The number of sulfone groups is 2. The summed E-state index contributed by atoms with van der Waals surface area (Å²) in [7, 11) is -7.39. The van der Waals surface area contributed by atoms with Crippen molar-refractivity contribution >= 4 is 31.3 Å². The summed E-state index contributed by atoms with van der Waals surface area (Å²) in [6.07, 6.45) is 3.60. The van der Waals surface area contributed by atoms with Crippen molar-refractivity contribution in [3.8, 4) is 22.4 Å². The van der Waals surface area contributed by atoms with Crippen LogP contribution < -0.4 is 5.32 Å². The number of amides is 1. The SMILES string of the molecule is CS(=O)(=O)c1ccc(F)c(-c2cc(S(C)(=O)=O)ccc2C(=O)Nc2cccc(-c3ccccn3)c2)c1. The van der Waals surface area contributed by atoms with Crippen molar-refractivity contribution in [3.63, 3.8) is 0 Å². The molecular formula is C26H21FN2O5S2. The number of hydrogen-bond donors (Lipinski definition) is 1. The number of nitrogens with zero attached hydrogens (tertiary/aromatic N) is 1. The van der Waals surface area contributed by atoms with Gasteiger partial charge < -0.3 is 5.32 Å². The Morgan fingerprint density at radius 2 is 1.44 bits per heavy atom. The highest BCUT2D eigenvalue weighted by atomic mass is 32.2. The van der Waals surface area contributed by atoms with E-state index in [1.807, 2.05) is 18.2 Å². The monoisotopic (exact) mass is 524 g/mol. The van der Waals surface area contributed by atoms with Gasteiger partial charge in [0.1, 0.15) is 5.82 Å². The van der Waals surface area contributed by atoms with Gasteiger partial charge in [0.15, 0.2) is 19.7 Å². The van der Waals surface area contributed by atoms with Gasteiger partial charge in [-0.25, -0.2) is 21.2 Å². The molecule has 184 valence electrons. The van der Waals surface area contributed by atoms with E-state index in [1.165, 1.54) is 18.2 Å². The van der Waals surface area contributed by atoms with Crippen LogP contribution in [0.4, 0.5) is 10.1 Å². The van der Waals surface area contributed by atoms with Crippen molar-refractivity contribution in [2.45, 2.75) is 9.79 Å². The fraction of sp³-hybridized carbons (Fsp3) is 0.0769. The van der Waals surface area contributed by atoms with Gasteiger partial charge in [0.05, 0.1) is 15.5 Å². The van der Waals surface area contributed by atoms with E-state index < -0.39 is 31.4 Å². The summed E-state index contributed by atoms with van der Waals surface area (Å²) in [4.78, 5) is 17.3. The average molecular weight is 525 g/mol. The van der Waals surface area contributed by atoms with E-state index in [1.54, 1.807) is 30.5 Å². The van der Waals surface area contributed by atoms with Gasteiger partial charge in [-0.15, -0.1) is 0 Å². The Bertz CT molecular complexity index is 1690. The quantitative estimate of drug-likeness (QED) is 0.369. The third kappa shape index (κ3) is 5.50. The largest absolute Gasteiger partial charge is 0.322 e. The van der Waals surface area contributed by atoms with E-state index in [2.05, 4.69) is 10.3 Å². The number of nitrogens with one attached hydrogen (secondary N) is 1. The first-order chi connectivity index (χ1) is 16.9. The van der Waals surface area contributed by atoms with E-state index in [-0.39, 0.29) is 26.5 Å². The molecule has 0 saturated heterocycles. The van der Waals surface area contributed by atoms with Gasteiger partial charge in [-0.1, -0.05) is 18.2 Å². The van der Waals surface area contributed by atoms with Crippen molar-refractivity contribution < 1.29 is 26.0 Å². The fourth-order valence-corrected chi connectivity index (χ4v) is 4.90. The van der Waals surface area contributed by atoms with Crippen molar-refractivity contribution in [2.75, 3.05) is 17.8 Å². The first kappa shape index (κ1) is 25.2. The summed E-state index contributed by atoms with van der Waals surface area (Å²) >= 11 is 0. The highest BCUT2D eigenvalue weighted by Gasteiger charge is 2.21. The van der Waals surface area contributed by atoms with Crippen LogP contribution in [0.2, 0.25) is 0 Å². The molecule has 0 fully saturated rings. The summed E-state index contributed by atoms with van der Waals surface area (Å²) in [5.41, 5.74) is 1.59. The normalized spacial score (nSPS) is 11.8. The molecule has 0 spiro atoms. The number of carbonyl (C=O) groups excluding carboxylic acids is 1. The molecule has 0 radical (unpaired) electrons. The summed E-state index contributed by atoms with van der Waals surface area (Å²) < 4.78 is 63.4. The van der Waals surface area contributed by atoms with Crippen LogP contribution in [0.1, 0.15) is 10.4 Å². The highest BCUT2D eigenvalue weighted by Crippen LogP contribution is 2.32. The number of rotatable bonds is 6. The molecule has 7 nitrogen and oxygen atoms in total. The number of aromatic nitrogens is 1. The van der Waals surface area contributed by atoms with Crippen molar-refractivity contribution in [1.29, 1.82) is 0 Å². The topological polar surface area (TPSA) is 110 Å². The number of carbonyl (C=O) groups is 1. The average Bonchev–Trinajstić information content (AvgIpc) is 2.83. The molecule has 1 N–H and O–H groups in total. The van der Waals surface area contributed by atoms with E-state index >= 15 is 0 Å². The van der Waals surface area contributed by atoms with Crippen molar-refractivity contribution in [3.05, 3.63) is 96.4 Å². The molecule has 0 aliphatic carbocycles. The molecule has 36 heavy (non-hydrogen) atoms. The zero-order chi connectivity index (χ0) is 26.1. The van der Waals surface area contributed by atoms with Crippen LogP contribution in [0.25, 0.3) is 22.4 Å². The third-order valence-corrected chi connectivity index (χ3v) is 7.62. The lowest BCUT2D eigenvalue weighted by Crippen LogP contribution is -2.14. The van der Waals surface area contributed by atoms with E-state index in [9.17, 15) is 26.0 Å². The van der Waals surface area contributed by atoms with Gasteiger partial charge in [-0.3, -0.25) is 9.78 Å². The summed E-state index contributed by atoms with van der Waals surface area (Å²) in [6, 6.07) is 19.2. The van der Waals surface area contributed by atoms with Gasteiger partial charge in [-0.05, 0) is 66.2 Å². The molecular weight excluding hydrogens is 503 g/mol. The van der Waals surface area contributed by atoms with Crippen LogP contribution in [0.15, 0.2) is 94.9 Å². The zero-order valence-electron chi connectivity index (χ0n) is 19.3. The first-order valence-electron chi connectivity index (χ1n) is 10.6. The smallest absolute Gasteiger partial charge is 0.256 e. The third-order valence-electron chi connectivity index (χ3n) is 5.40. The lowest BCUT2D eigenvalue weighted by molar-refractivity contribution is 0.102. The Hall–Kier alpha value is -3.89. The number of benzene rings is 3.